The molecule has 110 valence electrons. The van der Waals surface area contributed by atoms with Crippen LogP contribution in [0.4, 0.5) is 0 Å². The third kappa shape index (κ3) is 3.69. The Labute approximate surface area is 134 Å². The number of aryl methyl sites for hydroxylation is 2. The molecule has 1 saturated carbocycles. The molecule has 0 spiro atoms. The summed E-state index contributed by atoms with van der Waals surface area (Å²) in [4.78, 5) is 9.39. The van der Waals surface area contributed by atoms with Crippen molar-refractivity contribution in [2.24, 2.45) is 0 Å². The number of halogens is 1. The highest BCUT2D eigenvalue weighted by Gasteiger charge is 2.21. The van der Waals surface area contributed by atoms with Crippen LogP contribution in [0, 0.1) is 13.8 Å². The third-order valence-corrected chi connectivity index (χ3v) is 4.69. The van der Waals surface area contributed by atoms with Gasteiger partial charge in [0.05, 0.1) is 0 Å². The second-order valence-electron chi connectivity index (χ2n) is 5.71. The first-order chi connectivity index (χ1) is 10.1. The van der Waals surface area contributed by atoms with E-state index in [-0.39, 0.29) is 0 Å². The lowest BCUT2D eigenvalue weighted by molar-refractivity contribution is 0.672. The summed E-state index contributed by atoms with van der Waals surface area (Å²) in [5.41, 5.74) is 4.66. The molecule has 1 fully saturated rings. The Morgan fingerprint density at radius 3 is 2.43 bits per heavy atom. The Hall–Kier alpha value is -1.26. The topological polar surface area (TPSA) is 37.8 Å². The normalized spacial score (nSPS) is 14.4. The summed E-state index contributed by atoms with van der Waals surface area (Å²) in [6.07, 6.45) is 3.37. The monoisotopic (exact) mass is 345 g/mol. The molecule has 3 nitrogen and oxygen atoms in total. The molecule has 0 aliphatic heterocycles. The minimum atomic E-state index is 0.712. The van der Waals surface area contributed by atoms with E-state index in [4.69, 9.17) is 9.97 Å². The van der Waals surface area contributed by atoms with Crippen LogP contribution >= 0.6 is 15.9 Å². The molecule has 0 atom stereocenters. The highest BCUT2D eigenvalue weighted by Crippen LogP contribution is 2.21. The number of nitrogens with one attached hydrogen (secondary N) is 1. The molecule has 1 aliphatic rings. The Morgan fingerprint density at radius 2 is 1.81 bits per heavy atom. The van der Waals surface area contributed by atoms with Gasteiger partial charge in [0.1, 0.15) is 5.82 Å². The molecule has 2 aromatic rings. The van der Waals surface area contributed by atoms with E-state index in [1.807, 2.05) is 12.1 Å². The van der Waals surface area contributed by atoms with Crippen molar-refractivity contribution in [2.45, 2.75) is 45.7 Å². The van der Waals surface area contributed by atoms with Crippen LogP contribution in [0.5, 0.6) is 0 Å². The molecular formula is C17H20BrN3. The molecule has 0 bridgehead atoms. The number of nitrogens with zero attached hydrogens (tertiary/aromatic N) is 2. The first-order valence-electron chi connectivity index (χ1n) is 7.43. The van der Waals surface area contributed by atoms with Crippen molar-refractivity contribution in [3.05, 3.63) is 57.1 Å². The van der Waals surface area contributed by atoms with Gasteiger partial charge in [0.25, 0.3) is 0 Å². The standard InChI is InChI=1S/C17H20BrN3/c1-11-15(10-19-14-7-8-14)12(2)21-17(20-11)9-13-5-3-4-6-16(13)18/h3-6,14,19H,7-10H2,1-2H3. The van der Waals surface area contributed by atoms with Gasteiger partial charge in [0, 0.05) is 40.4 Å². The predicted octanol–water partition coefficient (Wildman–Crippen LogP) is 3.70. The Balaban J connectivity index is 1.79. The van der Waals surface area contributed by atoms with Crippen molar-refractivity contribution in [3.8, 4) is 0 Å². The minimum absolute atomic E-state index is 0.712. The molecule has 4 heteroatoms. The smallest absolute Gasteiger partial charge is 0.133 e. The van der Waals surface area contributed by atoms with Crippen molar-refractivity contribution in [1.82, 2.24) is 15.3 Å². The lowest BCUT2D eigenvalue weighted by Crippen LogP contribution is -2.18. The van der Waals surface area contributed by atoms with Gasteiger partial charge in [-0.05, 0) is 38.3 Å². The van der Waals surface area contributed by atoms with Crippen LogP contribution in [0.2, 0.25) is 0 Å². The van der Waals surface area contributed by atoms with Crippen LogP contribution < -0.4 is 5.32 Å². The maximum absolute atomic E-state index is 4.70. The zero-order chi connectivity index (χ0) is 14.8. The molecule has 1 aromatic heterocycles. The average Bonchev–Trinajstić information content (AvgIpc) is 3.25. The number of hydrogen-bond donors (Lipinski definition) is 1. The van der Waals surface area contributed by atoms with Crippen LogP contribution in [-0.4, -0.2) is 16.0 Å². The lowest BCUT2D eigenvalue weighted by Gasteiger charge is -2.12. The van der Waals surface area contributed by atoms with Gasteiger partial charge in [-0.3, -0.25) is 0 Å². The van der Waals surface area contributed by atoms with Crippen molar-refractivity contribution in [1.29, 1.82) is 0 Å². The van der Waals surface area contributed by atoms with Crippen molar-refractivity contribution >= 4 is 15.9 Å². The summed E-state index contributed by atoms with van der Waals surface area (Å²) in [7, 11) is 0. The lowest BCUT2D eigenvalue weighted by atomic mass is 10.1. The summed E-state index contributed by atoms with van der Waals surface area (Å²) in [5, 5.41) is 3.55. The van der Waals surface area contributed by atoms with E-state index in [2.05, 4.69) is 47.2 Å². The van der Waals surface area contributed by atoms with Crippen molar-refractivity contribution in [2.75, 3.05) is 0 Å². The Kier molecular flexibility index (Phi) is 4.36. The largest absolute Gasteiger partial charge is 0.310 e. The van der Waals surface area contributed by atoms with Gasteiger partial charge in [-0.25, -0.2) is 9.97 Å². The summed E-state index contributed by atoms with van der Waals surface area (Å²) >= 11 is 3.59. The number of aromatic nitrogens is 2. The van der Waals surface area contributed by atoms with Gasteiger partial charge in [-0.15, -0.1) is 0 Å². The Bertz CT molecular complexity index is 627. The third-order valence-electron chi connectivity index (χ3n) is 3.92. The van der Waals surface area contributed by atoms with E-state index in [0.717, 1.165) is 34.7 Å². The quantitative estimate of drug-likeness (QED) is 0.897. The molecule has 21 heavy (non-hydrogen) atoms. The molecule has 3 rings (SSSR count). The maximum atomic E-state index is 4.70. The second-order valence-corrected chi connectivity index (χ2v) is 6.57. The van der Waals surface area contributed by atoms with Crippen molar-refractivity contribution in [3.63, 3.8) is 0 Å². The molecule has 0 unspecified atom stereocenters. The van der Waals surface area contributed by atoms with Gasteiger partial charge in [-0.1, -0.05) is 34.1 Å². The van der Waals surface area contributed by atoms with E-state index >= 15 is 0 Å². The summed E-state index contributed by atoms with van der Waals surface area (Å²) in [6.45, 7) is 5.06. The molecule has 0 saturated heterocycles. The molecule has 1 N–H and O–H groups in total. The highest BCUT2D eigenvalue weighted by atomic mass is 79.9. The summed E-state index contributed by atoms with van der Waals surface area (Å²) in [5.74, 6) is 0.895. The van der Waals surface area contributed by atoms with Gasteiger partial charge in [0.15, 0.2) is 0 Å². The number of hydrogen-bond acceptors (Lipinski definition) is 3. The van der Waals surface area contributed by atoms with Crippen LogP contribution in [-0.2, 0) is 13.0 Å². The zero-order valence-electron chi connectivity index (χ0n) is 12.5. The van der Waals surface area contributed by atoms with Crippen LogP contribution in [0.3, 0.4) is 0 Å². The minimum Gasteiger partial charge on any atom is -0.310 e. The van der Waals surface area contributed by atoms with E-state index in [1.165, 1.54) is 24.0 Å². The SMILES string of the molecule is Cc1nc(Cc2ccccc2Br)nc(C)c1CNC1CC1. The molecule has 0 radical (unpaired) electrons. The molecule has 1 aromatic carbocycles. The number of rotatable bonds is 5. The predicted molar refractivity (Wildman–Crippen MR) is 88.3 cm³/mol. The fourth-order valence-electron chi connectivity index (χ4n) is 2.49. The fourth-order valence-corrected chi connectivity index (χ4v) is 2.91. The first kappa shape index (κ1) is 14.7. The summed E-state index contributed by atoms with van der Waals surface area (Å²) in [6, 6.07) is 8.96. The van der Waals surface area contributed by atoms with Crippen LogP contribution in [0.25, 0.3) is 0 Å². The molecule has 1 heterocycles. The average molecular weight is 346 g/mol. The zero-order valence-corrected chi connectivity index (χ0v) is 14.1. The van der Waals surface area contributed by atoms with Gasteiger partial charge < -0.3 is 5.32 Å². The molecule has 1 aliphatic carbocycles. The van der Waals surface area contributed by atoms with E-state index in [1.54, 1.807) is 0 Å². The molecule has 0 amide bonds. The fraction of sp³-hybridized carbons (Fsp3) is 0.412. The first-order valence-corrected chi connectivity index (χ1v) is 8.22. The van der Waals surface area contributed by atoms with E-state index < -0.39 is 0 Å². The maximum Gasteiger partial charge on any atom is 0.133 e. The highest BCUT2D eigenvalue weighted by molar-refractivity contribution is 9.10. The van der Waals surface area contributed by atoms with E-state index in [9.17, 15) is 0 Å². The second kappa shape index (κ2) is 6.24. The van der Waals surface area contributed by atoms with Crippen LogP contribution in [0.15, 0.2) is 28.7 Å². The van der Waals surface area contributed by atoms with Crippen molar-refractivity contribution < 1.29 is 0 Å². The number of benzene rings is 1. The molecular weight excluding hydrogens is 326 g/mol. The van der Waals surface area contributed by atoms with E-state index in [0.29, 0.717) is 6.04 Å². The Morgan fingerprint density at radius 1 is 1.14 bits per heavy atom. The van der Waals surface area contributed by atoms with Gasteiger partial charge >= 0.3 is 0 Å². The van der Waals surface area contributed by atoms with Crippen LogP contribution in [0.1, 0.15) is 41.2 Å². The summed E-state index contributed by atoms with van der Waals surface area (Å²) < 4.78 is 1.11. The van der Waals surface area contributed by atoms with Gasteiger partial charge in [0.2, 0.25) is 0 Å². The van der Waals surface area contributed by atoms with Gasteiger partial charge in [-0.2, -0.15) is 0 Å².